The molecule has 82 valence electrons. The molecule has 0 aliphatic heterocycles. The summed E-state index contributed by atoms with van der Waals surface area (Å²) in [7, 11) is 0. The molecule has 0 heterocycles. The molecule has 0 saturated carbocycles. The summed E-state index contributed by atoms with van der Waals surface area (Å²) in [6, 6.07) is 5.19. The maximum Gasteiger partial charge on any atom is 0.404 e. The first kappa shape index (κ1) is 12.1. The van der Waals surface area contributed by atoms with Crippen LogP contribution in [0.3, 0.4) is 0 Å². The smallest absolute Gasteiger partial charge is 0.404 e. The van der Waals surface area contributed by atoms with E-state index < -0.39 is 6.09 Å². The topological polar surface area (TPSA) is 52.3 Å². The molecule has 1 aromatic carbocycles. The Morgan fingerprint density at radius 1 is 1.40 bits per heavy atom. The van der Waals surface area contributed by atoms with Gasteiger partial charge in [-0.3, -0.25) is 0 Å². The van der Waals surface area contributed by atoms with E-state index in [1.165, 1.54) is 0 Å². The van der Waals surface area contributed by atoms with Gasteiger partial charge in [0, 0.05) is 16.5 Å². The Balaban J connectivity index is 2.67. The number of halogens is 2. The van der Waals surface area contributed by atoms with Gasteiger partial charge in [0.05, 0.1) is 0 Å². The van der Waals surface area contributed by atoms with Crippen molar-refractivity contribution >= 4 is 29.3 Å². The van der Waals surface area contributed by atoms with Gasteiger partial charge in [-0.2, -0.15) is 0 Å². The van der Waals surface area contributed by atoms with Crippen molar-refractivity contribution in [3.8, 4) is 0 Å². The molecule has 3 nitrogen and oxygen atoms in total. The van der Waals surface area contributed by atoms with Crippen LogP contribution in [0.2, 0.25) is 10.0 Å². The molecule has 0 aromatic heterocycles. The average molecular weight is 248 g/mol. The fourth-order valence-electron chi connectivity index (χ4n) is 1.30. The average Bonchev–Trinajstić information content (AvgIpc) is 1.98. The van der Waals surface area contributed by atoms with Gasteiger partial charge in [-0.1, -0.05) is 23.2 Å². The predicted molar refractivity (Wildman–Crippen MR) is 60.3 cm³/mol. The van der Waals surface area contributed by atoms with Crippen LogP contribution < -0.4 is 5.73 Å². The zero-order valence-electron chi connectivity index (χ0n) is 8.17. The lowest BCUT2D eigenvalue weighted by Gasteiger charge is -2.11. The van der Waals surface area contributed by atoms with Crippen molar-refractivity contribution in [2.75, 3.05) is 0 Å². The highest BCUT2D eigenvalue weighted by atomic mass is 35.5. The molecule has 0 radical (unpaired) electrons. The number of carbonyl (C=O) groups is 1. The van der Waals surface area contributed by atoms with Crippen LogP contribution in [-0.2, 0) is 11.2 Å². The zero-order valence-corrected chi connectivity index (χ0v) is 9.68. The van der Waals surface area contributed by atoms with Crippen LogP contribution >= 0.6 is 23.2 Å². The Morgan fingerprint density at radius 2 is 1.93 bits per heavy atom. The Labute approximate surface area is 98.1 Å². The maximum absolute atomic E-state index is 10.5. The summed E-state index contributed by atoms with van der Waals surface area (Å²) in [6.45, 7) is 1.75. The molecule has 0 aliphatic rings. The van der Waals surface area contributed by atoms with E-state index in [0.29, 0.717) is 16.5 Å². The number of rotatable bonds is 3. The van der Waals surface area contributed by atoms with Crippen molar-refractivity contribution in [3.63, 3.8) is 0 Å². The predicted octanol–water partition coefficient (Wildman–Crippen LogP) is 3.02. The Bertz CT molecular complexity index is 348. The number of amides is 1. The van der Waals surface area contributed by atoms with Crippen LogP contribution in [0.25, 0.3) is 0 Å². The van der Waals surface area contributed by atoms with Gasteiger partial charge in [-0.15, -0.1) is 0 Å². The van der Waals surface area contributed by atoms with Crippen LogP contribution in [0.1, 0.15) is 12.5 Å². The van der Waals surface area contributed by atoms with Gasteiger partial charge in [0.25, 0.3) is 0 Å². The van der Waals surface area contributed by atoms with E-state index in [-0.39, 0.29) is 6.10 Å². The van der Waals surface area contributed by atoms with Crippen molar-refractivity contribution in [1.82, 2.24) is 0 Å². The third kappa shape index (κ3) is 4.40. The Hall–Kier alpha value is -0.930. The van der Waals surface area contributed by atoms with Crippen molar-refractivity contribution in [2.24, 2.45) is 5.73 Å². The lowest BCUT2D eigenvalue weighted by atomic mass is 10.1. The summed E-state index contributed by atoms with van der Waals surface area (Å²) in [6.07, 6.45) is -0.545. The SMILES string of the molecule is CC(Cc1cc(Cl)cc(Cl)c1)OC(N)=O. The van der Waals surface area contributed by atoms with Crippen molar-refractivity contribution in [3.05, 3.63) is 33.8 Å². The second kappa shape index (κ2) is 5.24. The third-order valence-electron chi connectivity index (χ3n) is 1.76. The quantitative estimate of drug-likeness (QED) is 0.893. The van der Waals surface area contributed by atoms with Gasteiger partial charge >= 0.3 is 6.09 Å². The van der Waals surface area contributed by atoms with Crippen molar-refractivity contribution in [1.29, 1.82) is 0 Å². The van der Waals surface area contributed by atoms with Gasteiger partial charge in [0.15, 0.2) is 0 Å². The van der Waals surface area contributed by atoms with Gasteiger partial charge < -0.3 is 10.5 Å². The third-order valence-corrected chi connectivity index (χ3v) is 2.20. The lowest BCUT2D eigenvalue weighted by Crippen LogP contribution is -2.21. The molecule has 1 rings (SSSR count). The van der Waals surface area contributed by atoms with Crippen molar-refractivity contribution < 1.29 is 9.53 Å². The van der Waals surface area contributed by atoms with Crippen LogP contribution in [0.15, 0.2) is 18.2 Å². The summed E-state index contributed by atoms with van der Waals surface area (Å²) >= 11 is 11.6. The summed E-state index contributed by atoms with van der Waals surface area (Å²) in [5.74, 6) is 0. The molecule has 0 saturated heterocycles. The molecule has 1 unspecified atom stereocenters. The number of primary amides is 1. The van der Waals surface area contributed by atoms with Crippen LogP contribution in [-0.4, -0.2) is 12.2 Å². The number of benzene rings is 1. The number of nitrogens with two attached hydrogens (primary N) is 1. The molecular weight excluding hydrogens is 237 g/mol. The van der Waals surface area contributed by atoms with E-state index in [1.54, 1.807) is 25.1 Å². The Morgan fingerprint density at radius 3 is 2.40 bits per heavy atom. The monoisotopic (exact) mass is 247 g/mol. The first-order valence-electron chi connectivity index (χ1n) is 4.38. The largest absolute Gasteiger partial charge is 0.446 e. The normalized spacial score (nSPS) is 12.2. The molecule has 0 aliphatic carbocycles. The molecule has 0 bridgehead atoms. The van der Waals surface area contributed by atoms with E-state index >= 15 is 0 Å². The number of hydrogen-bond acceptors (Lipinski definition) is 2. The molecule has 0 spiro atoms. The molecule has 1 aromatic rings. The minimum atomic E-state index is -0.782. The van der Waals surface area contributed by atoms with E-state index in [0.717, 1.165) is 5.56 Å². The van der Waals surface area contributed by atoms with E-state index in [2.05, 4.69) is 0 Å². The molecule has 0 fully saturated rings. The number of carbonyl (C=O) groups excluding carboxylic acids is 1. The second-order valence-electron chi connectivity index (χ2n) is 3.23. The number of ether oxygens (including phenoxy) is 1. The summed E-state index contributed by atoms with van der Waals surface area (Å²) in [5.41, 5.74) is 5.80. The molecular formula is C10H11Cl2NO2. The van der Waals surface area contributed by atoms with Crippen LogP contribution in [0.4, 0.5) is 4.79 Å². The lowest BCUT2D eigenvalue weighted by molar-refractivity contribution is 0.116. The maximum atomic E-state index is 10.5. The summed E-state index contributed by atoms with van der Waals surface area (Å²) in [5, 5.41) is 1.12. The van der Waals surface area contributed by atoms with Gasteiger partial charge in [-0.05, 0) is 30.7 Å². The molecule has 5 heteroatoms. The molecule has 15 heavy (non-hydrogen) atoms. The highest BCUT2D eigenvalue weighted by molar-refractivity contribution is 6.34. The molecule has 1 amide bonds. The van der Waals surface area contributed by atoms with Crippen molar-refractivity contribution in [2.45, 2.75) is 19.4 Å². The highest BCUT2D eigenvalue weighted by Gasteiger charge is 2.08. The van der Waals surface area contributed by atoms with Gasteiger partial charge in [0.1, 0.15) is 6.10 Å². The summed E-state index contributed by atoms with van der Waals surface area (Å²) < 4.78 is 4.79. The fourth-order valence-corrected chi connectivity index (χ4v) is 1.87. The van der Waals surface area contributed by atoms with E-state index in [4.69, 9.17) is 33.7 Å². The van der Waals surface area contributed by atoms with E-state index in [9.17, 15) is 4.79 Å². The fraction of sp³-hybridized carbons (Fsp3) is 0.300. The van der Waals surface area contributed by atoms with E-state index in [1.807, 2.05) is 0 Å². The Kier molecular flexibility index (Phi) is 4.24. The molecule has 1 atom stereocenters. The minimum absolute atomic E-state index is 0.294. The number of hydrogen-bond donors (Lipinski definition) is 1. The summed E-state index contributed by atoms with van der Waals surface area (Å²) in [4.78, 5) is 10.5. The highest BCUT2D eigenvalue weighted by Crippen LogP contribution is 2.20. The second-order valence-corrected chi connectivity index (χ2v) is 4.10. The minimum Gasteiger partial charge on any atom is -0.446 e. The first-order valence-corrected chi connectivity index (χ1v) is 5.14. The first-order chi connectivity index (χ1) is 6.97. The van der Waals surface area contributed by atoms with Gasteiger partial charge in [0.2, 0.25) is 0 Å². The molecule has 2 N–H and O–H groups in total. The zero-order chi connectivity index (χ0) is 11.4. The van der Waals surface area contributed by atoms with Gasteiger partial charge in [-0.25, -0.2) is 4.79 Å². The standard InChI is InChI=1S/C10H11Cl2NO2/c1-6(15-10(13)14)2-7-3-8(11)5-9(12)4-7/h3-6H,2H2,1H3,(H2,13,14). The van der Waals surface area contributed by atoms with Crippen LogP contribution in [0, 0.1) is 0 Å². The van der Waals surface area contributed by atoms with Crippen LogP contribution in [0.5, 0.6) is 0 Å².